The number of rotatable bonds is 2. The fourth-order valence-electron chi connectivity index (χ4n) is 2.23. The zero-order valence-electron chi connectivity index (χ0n) is 12.8. The number of nitrogens with zero attached hydrogens (tertiary/aromatic N) is 5. The molecule has 0 unspecified atom stereocenters. The van der Waals surface area contributed by atoms with Crippen molar-refractivity contribution in [3.05, 3.63) is 60.8 Å². The second-order valence-corrected chi connectivity index (χ2v) is 4.77. The second kappa shape index (κ2) is 7.13. The van der Waals surface area contributed by atoms with Gasteiger partial charge < -0.3 is 10.4 Å². The van der Waals surface area contributed by atoms with Gasteiger partial charge in [-0.15, -0.1) is 0 Å². The van der Waals surface area contributed by atoms with Crippen LogP contribution in [0.1, 0.15) is 10.4 Å². The predicted octanol–water partition coefficient (Wildman–Crippen LogP) is 1.63. The zero-order chi connectivity index (χ0) is 17.6. The van der Waals surface area contributed by atoms with Crippen molar-refractivity contribution in [2.75, 3.05) is 5.32 Å². The lowest BCUT2D eigenvalue weighted by Crippen LogP contribution is -2.14. The highest BCUT2D eigenvalue weighted by atomic mass is 16.3. The van der Waals surface area contributed by atoms with E-state index >= 15 is 0 Å². The minimum absolute atomic E-state index is 0.250. The van der Waals surface area contributed by atoms with Crippen LogP contribution >= 0.6 is 0 Å². The van der Waals surface area contributed by atoms with Gasteiger partial charge in [0.15, 0.2) is 11.5 Å². The summed E-state index contributed by atoms with van der Waals surface area (Å²) < 4.78 is 1.55. The number of carbonyl (C=O) groups is 2. The van der Waals surface area contributed by atoms with Gasteiger partial charge in [-0.1, -0.05) is 6.07 Å². The Morgan fingerprint density at radius 3 is 2.80 bits per heavy atom. The summed E-state index contributed by atoms with van der Waals surface area (Å²) in [5.74, 6) is 0.157. The van der Waals surface area contributed by atoms with Gasteiger partial charge in [0.25, 0.3) is 12.4 Å². The van der Waals surface area contributed by atoms with Crippen molar-refractivity contribution < 1.29 is 14.7 Å². The first-order chi connectivity index (χ1) is 12.2. The lowest BCUT2D eigenvalue weighted by atomic mass is 10.2. The Morgan fingerprint density at radius 1 is 1.12 bits per heavy atom. The Hall–Kier alpha value is -3.88. The molecule has 9 nitrogen and oxygen atoms in total. The molecule has 124 valence electrons. The van der Waals surface area contributed by atoms with Crippen molar-refractivity contribution >= 4 is 34.7 Å². The number of hydrogen-bond donors (Lipinski definition) is 2. The highest BCUT2D eigenvalue weighted by molar-refractivity contribution is 6.07. The Balaban J connectivity index is 0.000000569. The molecule has 1 amide bonds. The van der Waals surface area contributed by atoms with E-state index in [1.165, 1.54) is 6.33 Å². The zero-order valence-corrected chi connectivity index (χ0v) is 12.8. The smallest absolute Gasteiger partial charge is 0.290 e. The largest absolute Gasteiger partial charge is 0.483 e. The van der Waals surface area contributed by atoms with Gasteiger partial charge in [0.2, 0.25) is 0 Å². The molecule has 0 aliphatic heterocycles. The van der Waals surface area contributed by atoms with Crippen molar-refractivity contribution in [2.45, 2.75) is 0 Å². The molecular weight excluding hydrogens is 324 g/mol. The number of nitrogens with one attached hydrogen (secondary N) is 1. The van der Waals surface area contributed by atoms with E-state index in [4.69, 9.17) is 9.90 Å². The normalized spacial score (nSPS) is 10.1. The number of pyridine rings is 3. The van der Waals surface area contributed by atoms with Gasteiger partial charge >= 0.3 is 0 Å². The van der Waals surface area contributed by atoms with E-state index in [0.717, 1.165) is 5.39 Å². The lowest BCUT2D eigenvalue weighted by molar-refractivity contribution is -0.122. The highest BCUT2D eigenvalue weighted by Crippen LogP contribution is 2.18. The van der Waals surface area contributed by atoms with Crippen LogP contribution in [0.5, 0.6) is 0 Å². The summed E-state index contributed by atoms with van der Waals surface area (Å²) in [5.41, 5.74) is 1.80. The van der Waals surface area contributed by atoms with Crippen molar-refractivity contribution in [2.24, 2.45) is 0 Å². The number of anilines is 1. The molecule has 9 heteroatoms. The van der Waals surface area contributed by atoms with E-state index in [9.17, 15) is 4.79 Å². The molecule has 0 radical (unpaired) electrons. The fraction of sp³-hybridized carbons (Fsp3) is 0. The maximum atomic E-state index is 12.4. The van der Waals surface area contributed by atoms with E-state index in [2.05, 4.69) is 25.4 Å². The van der Waals surface area contributed by atoms with Gasteiger partial charge in [-0.25, -0.2) is 14.5 Å². The van der Waals surface area contributed by atoms with Gasteiger partial charge in [0.05, 0.1) is 5.56 Å². The topological polar surface area (TPSA) is 122 Å². The number of amides is 1. The Bertz CT molecular complexity index is 1040. The number of carboxylic acid groups (broad SMARTS) is 1. The van der Waals surface area contributed by atoms with Gasteiger partial charge in [-0.05, 0) is 24.3 Å². The SMILES string of the molecule is O=C(Nc1nccc2cccnc12)c1ccc2ncnn2c1.O=CO. The molecule has 4 aromatic rings. The summed E-state index contributed by atoms with van der Waals surface area (Å²) in [7, 11) is 0. The summed E-state index contributed by atoms with van der Waals surface area (Å²) in [6.07, 6.45) is 6.37. The number of fused-ring (bicyclic) bond motifs is 2. The third-order valence-corrected chi connectivity index (χ3v) is 3.29. The van der Waals surface area contributed by atoms with Gasteiger partial charge in [0, 0.05) is 24.0 Å². The predicted molar refractivity (Wildman–Crippen MR) is 89.2 cm³/mol. The van der Waals surface area contributed by atoms with Gasteiger partial charge in [-0.3, -0.25) is 14.6 Å². The van der Waals surface area contributed by atoms with Crippen LogP contribution in [0.4, 0.5) is 5.82 Å². The molecule has 0 bridgehead atoms. The van der Waals surface area contributed by atoms with Crippen LogP contribution in [-0.4, -0.2) is 42.1 Å². The number of carbonyl (C=O) groups excluding carboxylic acids is 1. The molecule has 0 atom stereocenters. The monoisotopic (exact) mass is 336 g/mol. The Morgan fingerprint density at radius 2 is 1.96 bits per heavy atom. The van der Waals surface area contributed by atoms with Gasteiger partial charge in [-0.2, -0.15) is 5.10 Å². The molecule has 0 fully saturated rings. The standard InChI is InChI=1S/C15H10N6O.CH2O2/c22-15(11-3-4-12-18-9-19-21(12)8-11)20-14-13-10(5-7-17-14)2-1-6-16-13;2-1-3/h1-9H,(H,17,20,22);1H,(H,2,3). The molecule has 4 aromatic heterocycles. The van der Waals surface area contributed by atoms with E-state index < -0.39 is 0 Å². The molecule has 4 heterocycles. The summed E-state index contributed by atoms with van der Waals surface area (Å²) in [6.45, 7) is -0.250. The van der Waals surface area contributed by atoms with Gasteiger partial charge in [0.1, 0.15) is 11.8 Å². The first-order valence-electron chi connectivity index (χ1n) is 7.11. The van der Waals surface area contributed by atoms with Crippen molar-refractivity contribution in [1.82, 2.24) is 24.6 Å². The highest BCUT2D eigenvalue weighted by Gasteiger charge is 2.11. The maximum absolute atomic E-state index is 12.4. The van der Waals surface area contributed by atoms with Crippen LogP contribution in [0, 0.1) is 0 Å². The third-order valence-electron chi connectivity index (χ3n) is 3.29. The molecule has 0 aromatic carbocycles. The molecule has 4 rings (SSSR count). The summed E-state index contributed by atoms with van der Waals surface area (Å²) in [4.78, 5) is 33.2. The Kier molecular flexibility index (Phi) is 4.56. The molecule has 0 saturated carbocycles. The average Bonchev–Trinajstić information content (AvgIpc) is 3.10. The summed E-state index contributed by atoms with van der Waals surface area (Å²) in [5, 5.41) is 14.6. The average molecular weight is 336 g/mol. The van der Waals surface area contributed by atoms with Crippen LogP contribution in [0.15, 0.2) is 55.2 Å². The number of hydrogen-bond acceptors (Lipinski definition) is 6. The molecule has 2 N–H and O–H groups in total. The van der Waals surface area contributed by atoms with Crippen LogP contribution in [-0.2, 0) is 4.79 Å². The van der Waals surface area contributed by atoms with Crippen molar-refractivity contribution in [3.63, 3.8) is 0 Å². The van der Waals surface area contributed by atoms with Crippen LogP contribution in [0.2, 0.25) is 0 Å². The van der Waals surface area contributed by atoms with E-state index in [1.54, 1.807) is 35.2 Å². The van der Waals surface area contributed by atoms with Crippen LogP contribution < -0.4 is 5.32 Å². The summed E-state index contributed by atoms with van der Waals surface area (Å²) >= 11 is 0. The Labute approximate surface area is 141 Å². The molecule has 0 aliphatic carbocycles. The van der Waals surface area contributed by atoms with Crippen LogP contribution in [0.25, 0.3) is 16.6 Å². The number of aromatic nitrogens is 5. The minimum Gasteiger partial charge on any atom is -0.483 e. The minimum atomic E-state index is -0.275. The molecule has 25 heavy (non-hydrogen) atoms. The van der Waals surface area contributed by atoms with Crippen LogP contribution in [0.3, 0.4) is 0 Å². The van der Waals surface area contributed by atoms with E-state index in [0.29, 0.717) is 22.5 Å². The quantitative estimate of drug-likeness (QED) is 0.533. The molecule has 0 aliphatic rings. The first-order valence-corrected chi connectivity index (χ1v) is 7.11. The molecular formula is C16H12N6O3. The van der Waals surface area contributed by atoms with Crippen molar-refractivity contribution in [1.29, 1.82) is 0 Å². The maximum Gasteiger partial charge on any atom is 0.290 e. The van der Waals surface area contributed by atoms with E-state index in [1.807, 2.05) is 18.2 Å². The molecule has 0 spiro atoms. The summed E-state index contributed by atoms with van der Waals surface area (Å²) in [6, 6.07) is 9.03. The lowest BCUT2D eigenvalue weighted by Gasteiger charge is -2.07. The van der Waals surface area contributed by atoms with Crippen molar-refractivity contribution in [3.8, 4) is 0 Å². The van der Waals surface area contributed by atoms with E-state index in [-0.39, 0.29) is 12.4 Å². The second-order valence-electron chi connectivity index (χ2n) is 4.77. The molecule has 0 saturated heterocycles. The fourth-order valence-corrected chi connectivity index (χ4v) is 2.23. The third kappa shape index (κ3) is 3.39. The first kappa shape index (κ1) is 16.0.